The highest BCUT2D eigenvalue weighted by Crippen LogP contribution is 2.31. The molecule has 1 aliphatic heterocycles. The summed E-state index contributed by atoms with van der Waals surface area (Å²) >= 11 is 0. The van der Waals surface area contributed by atoms with Gasteiger partial charge in [0, 0.05) is 17.8 Å². The van der Waals surface area contributed by atoms with E-state index in [9.17, 15) is 9.59 Å². The van der Waals surface area contributed by atoms with Crippen LogP contribution in [0.5, 0.6) is 0 Å². The average Bonchev–Trinajstić information content (AvgIpc) is 2.91. The van der Waals surface area contributed by atoms with E-state index in [0.29, 0.717) is 28.1 Å². The van der Waals surface area contributed by atoms with Gasteiger partial charge in [0.1, 0.15) is 16.8 Å². The molecule has 1 unspecified atom stereocenters. The Morgan fingerprint density at radius 2 is 2.15 bits per heavy atom. The Balaban J connectivity index is 2.12. The van der Waals surface area contributed by atoms with Crippen molar-refractivity contribution in [2.75, 3.05) is 0 Å². The normalized spacial score (nSPS) is 21.9. The monoisotopic (exact) mass is 271 g/mol. The van der Waals surface area contributed by atoms with Crippen molar-refractivity contribution in [2.45, 2.75) is 26.3 Å². The van der Waals surface area contributed by atoms with Crippen LogP contribution in [0.25, 0.3) is 11.1 Å². The van der Waals surface area contributed by atoms with Crippen LogP contribution in [-0.2, 0) is 5.54 Å². The number of nitrogens with one attached hydrogen (secondary N) is 1. The molecule has 0 aliphatic carbocycles. The zero-order valence-electron chi connectivity index (χ0n) is 11.4. The van der Waals surface area contributed by atoms with Crippen molar-refractivity contribution in [3.8, 4) is 0 Å². The Morgan fingerprint density at radius 3 is 2.75 bits per heavy atom. The predicted molar refractivity (Wildman–Crippen MR) is 73.0 cm³/mol. The summed E-state index contributed by atoms with van der Waals surface area (Å²) in [5, 5.41) is 2.76. The molecule has 3 rings (SSSR count). The third-order valence-electron chi connectivity index (χ3n) is 3.62. The summed E-state index contributed by atoms with van der Waals surface area (Å²) in [5.74, 6) is 0.475. The van der Waals surface area contributed by atoms with Crippen LogP contribution < -0.4 is 5.32 Å². The SMILES string of the molecule is CC(=O)c1cnc2cc(C3(C)NC(=O)N=C3C)oc2c1. The van der Waals surface area contributed by atoms with Gasteiger partial charge in [-0.05, 0) is 26.8 Å². The maximum absolute atomic E-state index is 11.4. The van der Waals surface area contributed by atoms with Crippen molar-refractivity contribution in [3.05, 3.63) is 29.7 Å². The molecular formula is C14H13N3O3. The van der Waals surface area contributed by atoms with Gasteiger partial charge >= 0.3 is 6.03 Å². The van der Waals surface area contributed by atoms with Gasteiger partial charge in [0.15, 0.2) is 11.4 Å². The van der Waals surface area contributed by atoms with E-state index in [1.54, 1.807) is 19.1 Å². The fourth-order valence-corrected chi connectivity index (χ4v) is 2.19. The standard InChI is InChI=1S/C14H13N3O3/c1-7(18)9-4-11-10(15-6-9)5-12(20-11)14(3)8(2)16-13(19)17-14/h4-6H,1-3H3,(H,17,19). The van der Waals surface area contributed by atoms with Gasteiger partial charge in [-0.2, -0.15) is 0 Å². The largest absolute Gasteiger partial charge is 0.456 e. The summed E-state index contributed by atoms with van der Waals surface area (Å²) in [7, 11) is 0. The number of Topliss-reactive ketones (excluding diaryl/α,β-unsaturated/α-hetero) is 1. The summed E-state index contributed by atoms with van der Waals surface area (Å²) in [6, 6.07) is 3.02. The van der Waals surface area contributed by atoms with Crippen LogP contribution in [0.1, 0.15) is 36.9 Å². The molecule has 3 heterocycles. The van der Waals surface area contributed by atoms with E-state index in [0.717, 1.165) is 0 Å². The van der Waals surface area contributed by atoms with E-state index in [1.165, 1.54) is 13.1 Å². The molecule has 1 aliphatic rings. The zero-order chi connectivity index (χ0) is 14.5. The number of amides is 2. The Morgan fingerprint density at radius 1 is 1.40 bits per heavy atom. The number of pyridine rings is 1. The minimum atomic E-state index is -0.770. The number of fused-ring (bicyclic) bond motifs is 1. The second-order valence-electron chi connectivity index (χ2n) is 5.03. The molecule has 0 spiro atoms. The molecule has 2 aromatic rings. The highest BCUT2D eigenvalue weighted by atomic mass is 16.3. The maximum Gasteiger partial charge on any atom is 0.342 e. The number of aliphatic imine (C=N–C) groups is 1. The van der Waals surface area contributed by atoms with Gasteiger partial charge in [-0.1, -0.05) is 0 Å². The summed E-state index contributed by atoms with van der Waals surface area (Å²) in [5.41, 5.74) is 1.51. The Hall–Kier alpha value is -2.50. The van der Waals surface area contributed by atoms with Crippen molar-refractivity contribution in [1.82, 2.24) is 10.3 Å². The van der Waals surface area contributed by atoms with Crippen molar-refractivity contribution < 1.29 is 14.0 Å². The van der Waals surface area contributed by atoms with E-state index in [1.807, 2.05) is 6.92 Å². The predicted octanol–water partition coefficient (Wildman–Crippen LogP) is 2.43. The van der Waals surface area contributed by atoms with Gasteiger partial charge in [-0.15, -0.1) is 0 Å². The topological polar surface area (TPSA) is 84.6 Å². The number of carbonyl (C=O) groups excluding carboxylic acids is 2. The third kappa shape index (κ3) is 1.72. The first-order valence-electron chi connectivity index (χ1n) is 6.19. The Kier molecular flexibility index (Phi) is 2.50. The molecule has 2 amide bonds. The second-order valence-corrected chi connectivity index (χ2v) is 5.03. The van der Waals surface area contributed by atoms with Crippen LogP contribution in [0.3, 0.4) is 0 Å². The van der Waals surface area contributed by atoms with Crippen LogP contribution in [-0.4, -0.2) is 22.5 Å². The number of urea groups is 1. The first kappa shape index (κ1) is 12.5. The molecule has 1 N–H and O–H groups in total. The minimum absolute atomic E-state index is 0.0736. The molecule has 0 radical (unpaired) electrons. The van der Waals surface area contributed by atoms with Gasteiger partial charge < -0.3 is 9.73 Å². The van der Waals surface area contributed by atoms with Crippen molar-refractivity contribution in [1.29, 1.82) is 0 Å². The molecular weight excluding hydrogens is 258 g/mol. The van der Waals surface area contributed by atoms with Gasteiger partial charge in [0.2, 0.25) is 0 Å². The highest BCUT2D eigenvalue weighted by molar-refractivity contribution is 6.06. The van der Waals surface area contributed by atoms with Crippen LogP contribution in [0.4, 0.5) is 4.79 Å². The number of carbonyl (C=O) groups is 2. The van der Waals surface area contributed by atoms with Gasteiger partial charge in [0.25, 0.3) is 0 Å². The molecule has 1 atom stereocenters. The second kappa shape index (κ2) is 4.00. The lowest BCUT2D eigenvalue weighted by Gasteiger charge is -2.21. The first-order chi connectivity index (χ1) is 9.40. The lowest BCUT2D eigenvalue weighted by atomic mass is 9.95. The van der Waals surface area contributed by atoms with Crippen molar-refractivity contribution >= 4 is 28.6 Å². The Bertz CT molecular complexity index is 775. The van der Waals surface area contributed by atoms with Crippen LogP contribution in [0.15, 0.2) is 27.7 Å². The molecule has 6 nitrogen and oxygen atoms in total. The number of ketones is 1. The first-order valence-corrected chi connectivity index (χ1v) is 6.19. The van der Waals surface area contributed by atoms with E-state index in [-0.39, 0.29) is 11.8 Å². The molecule has 102 valence electrons. The summed E-state index contributed by atoms with van der Waals surface area (Å²) < 4.78 is 5.75. The number of furan rings is 1. The number of rotatable bonds is 2. The molecule has 0 saturated carbocycles. The van der Waals surface area contributed by atoms with Gasteiger partial charge in [0.05, 0.1) is 5.71 Å². The number of hydrogen-bond donors (Lipinski definition) is 1. The number of aromatic nitrogens is 1. The average molecular weight is 271 g/mol. The molecule has 0 aromatic carbocycles. The van der Waals surface area contributed by atoms with Gasteiger partial charge in [-0.3, -0.25) is 9.78 Å². The van der Waals surface area contributed by atoms with Crippen molar-refractivity contribution in [3.63, 3.8) is 0 Å². The smallest absolute Gasteiger partial charge is 0.342 e. The summed E-state index contributed by atoms with van der Waals surface area (Å²) in [6.45, 7) is 5.06. The van der Waals surface area contributed by atoms with Crippen LogP contribution in [0.2, 0.25) is 0 Å². The zero-order valence-corrected chi connectivity index (χ0v) is 11.4. The van der Waals surface area contributed by atoms with Gasteiger partial charge in [-0.25, -0.2) is 9.79 Å². The molecule has 0 bridgehead atoms. The lowest BCUT2D eigenvalue weighted by Crippen LogP contribution is -2.41. The fraction of sp³-hybridized carbons (Fsp3) is 0.286. The van der Waals surface area contributed by atoms with E-state index >= 15 is 0 Å². The molecule has 20 heavy (non-hydrogen) atoms. The Labute approximate surface area is 114 Å². The molecule has 0 saturated heterocycles. The fourth-order valence-electron chi connectivity index (χ4n) is 2.19. The maximum atomic E-state index is 11.4. The highest BCUT2D eigenvalue weighted by Gasteiger charge is 2.40. The lowest BCUT2D eigenvalue weighted by molar-refractivity contribution is 0.101. The van der Waals surface area contributed by atoms with E-state index in [4.69, 9.17) is 4.42 Å². The number of nitrogens with zero attached hydrogens (tertiary/aromatic N) is 2. The third-order valence-corrected chi connectivity index (χ3v) is 3.62. The number of hydrogen-bond acceptors (Lipinski definition) is 4. The van der Waals surface area contributed by atoms with E-state index in [2.05, 4.69) is 15.3 Å². The van der Waals surface area contributed by atoms with Crippen LogP contribution in [0, 0.1) is 0 Å². The molecule has 6 heteroatoms. The quantitative estimate of drug-likeness (QED) is 0.850. The van der Waals surface area contributed by atoms with Crippen LogP contribution >= 0.6 is 0 Å². The molecule has 0 fully saturated rings. The van der Waals surface area contributed by atoms with Crippen molar-refractivity contribution in [2.24, 2.45) is 4.99 Å². The minimum Gasteiger partial charge on any atom is -0.456 e. The van der Waals surface area contributed by atoms with E-state index < -0.39 is 5.54 Å². The molecule has 2 aromatic heterocycles. The summed E-state index contributed by atoms with van der Waals surface area (Å²) in [6.07, 6.45) is 1.51. The summed E-state index contributed by atoms with van der Waals surface area (Å²) in [4.78, 5) is 30.8.